The number of hydrogen-bond acceptors (Lipinski definition) is 3. The summed E-state index contributed by atoms with van der Waals surface area (Å²) in [6.45, 7) is 5.32. The minimum absolute atomic E-state index is 0.0389. The van der Waals surface area contributed by atoms with Gasteiger partial charge in [0.05, 0.1) is 11.7 Å². The van der Waals surface area contributed by atoms with Crippen molar-refractivity contribution >= 4 is 11.8 Å². The molecule has 2 aromatic rings. The number of hydrogen-bond donors (Lipinski definition) is 1. The molecule has 1 aromatic heterocycles. The molecule has 1 saturated carbocycles. The van der Waals surface area contributed by atoms with E-state index in [-0.39, 0.29) is 23.1 Å². The number of rotatable bonds is 3. The van der Waals surface area contributed by atoms with E-state index in [2.05, 4.69) is 18.8 Å². The predicted octanol–water partition coefficient (Wildman–Crippen LogP) is 1.85. The van der Waals surface area contributed by atoms with Crippen molar-refractivity contribution in [3.8, 4) is 5.69 Å². The molecule has 2 heterocycles. The molecule has 1 aliphatic carbocycles. The van der Waals surface area contributed by atoms with Gasteiger partial charge < -0.3 is 15.2 Å². The number of fused-ring (bicyclic) bond motifs is 1. The van der Waals surface area contributed by atoms with Crippen LogP contribution in [0.2, 0.25) is 0 Å². The maximum Gasteiger partial charge on any atom is 0.253 e. The van der Waals surface area contributed by atoms with Crippen LogP contribution in [0.1, 0.15) is 30.6 Å². The molecule has 2 N–H and O–H groups in total. The van der Waals surface area contributed by atoms with Crippen molar-refractivity contribution < 1.29 is 9.59 Å². The molecule has 4 rings (SSSR count). The Morgan fingerprint density at radius 1 is 1.24 bits per heavy atom. The molecule has 6 heteroatoms. The number of benzene rings is 1. The molecule has 0 spiro atoms. The van der Waals surface area contributed by atoms with Crippen LogP contribution in [0.5, 0.6) is 0 Å². The van der Waals surface area contributed by atoms with E-state index in [9.17, 15) is 9.59 Å². The highest BCUT2D eigenvalue weighted by Crippen LogP contribution is 2.62. The van der Waals surface area contributed by atoms with Crippen molar-refractivity contribution in [3.05, 3.63) is 48.5 Å². The van der Waals surface area contributed by atoms with Gasteiger partial charge in [-0.15, -0.1) is 0 Å². The average Bonchev–Trinajstić information content (AvgIpc) is 3.21. The maximum atomic E-state index is 12.9. The van der Waals surface area contributed by atoms with Crippen LogP contribution in [-0.4, -0.2) is 39.4 Å². The highest BCUT2D eigenvalue weighted by atomic mass is 16.2. The molecule has 2 amide bonds. The number of imidazole rings is 1. The van der Waals surface area contributed by atoms with Crippen LogP contribution in [-0.2, 0) is 4.79 Å². The van der Waals surface area contributed by atoms with Gasteiger partial charge in [-0.05, 0) is 42.0 Å². The van der Waals surface area contributed by atoms with Gasteiger partial charge in [-0.2, -0.15) is 0 Å². The Hall–Kier alpha value is -2.63. The molecule has 130 valence electrons. The van der Waals surface area contributed by atoms with E-state index in [1.807, 2.05) is 35.0 Å². The Kier molecular flexibility index (Phi) is 3.29. The lowest BCUT2D eigenvalue weighted by Gasteiger charge is -2.54. The lowest BCUT2D eigenvalue weighted by molar-refractivity contribution is -0.148. The lowest BCUT2D eigenvalue weighted by atomic mass is 9.48. The normalized spacial score (nSPS) is 26.8. The molecular formula is C19H22N4O2. The van der Waals surface area contributed by atoms with E-state index < -0.39 is 5.41 Å². The van der Waals surface area contributed by atoms with Gasteiger partial charge in [-0.25, -0.2) is 4.98 Å². The topological polar surface area (TPSA) is 81.2 Å². The highest BCUT2D eigenvalue weighted by molar-refractivity contribution is 5.96. The summed E-state index contributed by atoms with van der Waals surface area (Å²) in [7, 11) is 0. The minimum atomic E-state index is -0.546. The fourth-order valence-corrected chi connectivity index (χ4v) is 4.75. The minimum Gasteiger partial charge on any atom is -0.369 e. The smallest absolute Gasteiger partial charge is 0.253 e. The number of primary amides is 1. The third kappa shape index (κ3) is 2.27. The zero-order chi connectivity index (χ0) is 17.8. The number of amides is 2. The van der Waals surface area contributed by atoms with Gasteiger partial charge in [-0.1, -0.05) is 13.8 Å². The van der Waals surface area contributed by atoms with Gasteiger partial charge in [0.1, 0.15) is 0 Å². The van der Waals surface area contributed by atoms with Gasteiger partial charge in [0.15, 0.2) is 0 Å². The van der Waals surface area contributed by atoms with Crippen LogP contribution in [0.15, 0.2) is 43.0 Å². The van der Waals surface area contributed by atoms with Gasteiger partial charge in [0.25, 0.3) is 5.91 Å². The fourth-order valence-electron chi connectivity index (χ4n) is 4.75. The fraction of sp³-hybridized carbons (Fsp3) is 0.421. The van der Waals surface area contributed by atoms with Crippen molar-refractivity contribution in [2.45, 2.75) is 20.3 Å². The van der Waals surface area contributed by atoms with Gasteiger partial charge in [0.2, 0.25) is 5.91 Å². The molecule has 2 fully saturated rings. The maximum absolute atomic E-state index is 12.9. The largest absolute Gasteiger partial charge is 0.369 e. The van der Waals surface area contributed by atoms with Gasteiger partial charge in [-0.3, -0.25) is 9.59 Å². The molecule has 0 radical (unpaired) electrons. The van der Waals surface area contributed by atoms with Crippen LogP contribution in [0.4, 0.5) is 0 Å². The number of carbonyl (C=O) groups excluding carboxylic acids is 2. The zero-order valence-corrected chi connectivity index (χ0v) is 14.5. The van der Waals surface area contributed by atoms with E-state index in [0.717, 1.165) is 12.1 Å². The quantitative estimate of drug-likeness (QED) is 0.927. The second kappa shape index (κ2) is 5.18. The summed E-state index contributed by atoms with van der Waals surface area (Å²) >= 11 is 0. The third-order valence-corrected chi connectivity index (χ3v) is 5.95. The molecular weight excluding hydrogens is 316 g/mol. The van der Waals surface area contributed by atoms with Crippen molar-refractivity contribution in [2.75, 3.05) is 13.1 Å². The summed E-state index contributed by atoms with van der Waals surface area (Å²) in [6.07, 6.45) is 6.04. The van der Waals surface area contributed by atoms with Crippen LogP contribution in [0.3, 0.4) is 0 Å². The highest BCUT2D eigenvalue weighted by Gasteiger charge is 2.66. The van der Waals surface area contributed by atoms with E-state index >= 15 is 0 Å². The average molecular weight is 338 g/mol. The molecule has 1 aromatic carbocycles. The summed E-state index contributed by atoms with van der Waals surface area (Å²) in [5.41, 5.74) is 6.77. The Labute approximate surface area is 146 Å². The first kappa shape index (κ1) is 15.9. The molecule has 2 aliphatic rings. The standard InChI is InChI=1S/C19H22N4O2/c1-18(2)10-19(17(20)25)11-23(9-15(18)19)16(24)13-3-5-14(6-4-13)22-8-7-21-12-22/h3-8,12,15H,9-11H2,1-2H3,(H2,20,25)/t15-,19+/m1/s1. The second-order valence-corrected chi connectivity index (χ2v) is 7.94. The third-order valence-electron chi connectivity index (χ3n) is 5.95. The van der Waals surface area contributed by atoms with Crippen LogP contribution in [0, 0.1) is 16.7 Å². The monoisotopic (exact) mass is 338 g/mol. The molecule has 0 bridgehead atoms. The van der Waals surface area contributed by atoms with Crippen molar-refractivity contribution in [1.82, 2.24) is 14.5 Å². The predicted molar refractivity (Wildman–Crippen MR) is 93.0 cm³/mol. The Bertz CT molecular complexity index is 826. The first-order valence-corrected chi connectivity index (χ1v) is 8.51. The molecule has 1 aliphatic heterocycles. The van der Waals surface area contributed by atoms with E-state index in [1.54, 1.807) is 17.4 Å². The Morgan fingerprint density at radius 2 is 1.96 bits per heavy atom. The number of aromatic nitrogens is 2. The van der Waals surface area contributed by atoms with E-state index in [4.69, 9.17) is 5.73 Å². The van der Waals surface area contributed by atoms with Crippen molar-refractivity contribution in [2.24, 2.45) is 22.5 Å². The molecule has 25 heavy (non-hydrogen) atoms. The molecule has 0 unspecified atom stereocenters. The van der Waals surface area contributed by atoms with Crippen LogP contribution in [0.25, 0.3) is 5.69 Å². The molecule has 2 atom stereocenters. The van der Waals surface area contributed by atoms with E-state index in [0.29, 0.717) is 18.7 Å². The molecule has 6 nitrogen and oxygen atoms in total. The van der Waals surface area contributed by atoms with Gasteiger partial charge in [0, 0.05) is 36.7 Å². The first-order valence-electron chi connectivity index (χ1n) is 8.51. The van der Waals surface area contributed by atoms with Crippen molar-refractivity contribution in [1.29, 1.82) is 0 Å². The summed E-state index contributed by atoms with van der Waals surface area (Å²) in [6, 6.07) is 7.43. The number of nitrogens with zero attached hydrogens (tertiary/aromatic N) is 3. The summed E-state index contributed by atoms with van der Waals surface area (Å²) in [5, 5.41) is 0. The number of nitrogens with two attached hydrogens (primary N) is 1. The SMILES string of the molecule is CC1(C)C[C@]2(C(N)=O)CN(C(=O)c3ccc(-n4ccnc4)cc3)C[C@H]12. The number of carbonyl (C=O) groups is 2. The number of likely N-dealkylation sites (tertiary alicyclic amines) is 1. The van der Waals surface area contributed by atoms with Crippen LogP contribution < -0.4 is 5.73 Å². The Morgan fingerprint density at radius 3 is 2.48 bits per heavy atom. The van der Waals surface area contributed by atoms with E-state index in [1.165, 1.54) is 0 Å². The molecule has 1 saturated heterocycles. The van der Waals surface area contributed by atoms with Crippen LogP contribution >= 0.6 is 0 Å². The van der Waals surface area contributed by atoms with Gasteiger partial charge >= 0.3 is 0 Å². The Balaban J connectivity index is 1.55. The lowest BCUT2D eigenvalue weighted by Crippen LogP contribution is -2.59. The first-order chi connectivity index (χ1) is 11.8. The summed E-state index contributed by atoms with van der Waals surface area (Å²) < 4.78 is 1.88. The summed E-state index contributed by atoms with van der Waals surface area (Å²) in [4.78, 5) is 30.7. The van der Waals surface area contributed by atoms with Crippen molar-refractivity contribution in [3.63, 3.8) is 0 Å². The second-order valence-electron chi connectivity index (χ2n) is 7.94. The summed E-state index contributed by atoms with van der Waals surface area (Å²) in [5.74, 6) is -0.169. The zero-order valence-electron chi connectivity index (χ0n) is 14.5.